The van der Waals surface area contributed by atoms with E-state index in [9.17, 15) is 0 Å². The van der Waals surface area contributed by atoms with Crippen LogP contribution in [0.15, 0.2) is 394 Å². The van der Waals surface area contributed by atoms with Gasteiger partial charge in [0.15, 0.2) is 0 Å². The summed E-state index contributed by atoms with van der Waals surface area (Å²) in [4.78, 5) is 12.9. The molecule has 0 amide bonds. The largest absolute Gasteiger partial charge is 0.0616 e. The van der Waals surface area contributed by atoms with Crippen molar-refractivity contribution in [2.24, 2.45) is 0 Å². The van der Waals surface area contributed by atoms with Crippen molar-refractivity contribution in [3.63, 3.8) is 0 Å². The van der Waals surface area contributed by atoms with Gasteiger partial charge >= 0.3 is 674 Å². The van der Waals surface area contributed by atoms with Gasteiger partial charge in [-0.3, -0.25) is 0 Å². The van der Waals surface area contributed by atoms with Gasteiger partial charge < -0.3 is 0 Å². The third-order valence-electron chi connectivity index (χ3n) is 25.2. The molecule has 120 heavy (non-hydrogen) atoms. The molecule has 558 valence electrons. The second kappa shape index (κ2) is 27.8. The van der Waals surface area contributed by atoms with Crippen LogP contribution in [0.5, 0.6) is 11.5 Å². The monoisotopic (exact) mass is 1990 g/mol. The van der Waals surface area contributed by atoms with Gasteiger partial charge in [0.25, 0.3) is 0 Å². The Labute approximate surface area is 733 Å². The summed E-state index contributed by atoms with van der Waals surface area (Å²) in [6.45, 7) is -0.538. The first-order valence-corrected chi connectivity index (χ1v) is 50.2. The van der Waals surface area contributed by atoms with Gasteiger partial charge in [-0.1, -0.05) is 66.7 Å². The molecule has 12 heteroatoms. The fraction of sp³-hybridized carbons (Fsp3) is 0. The summed E-state index contributed by atoms with van der Waals surface area (Å²) in [7, 11) is 0. The Hall–Kier alpha value is -12.0. The van der Waals surface area contributed by atoms with Gasteiger partial charge in [-0.25, -0.2) is 0 Å². The first-order chi connectivity index (χ1) is 59.5. The summed E-state index contributed by atoms with van der Waals surface area (Å²) in [5.74, 6) is 1.65. The quantitative estimate of drug-likeness (QED) is 0.120. The Bertz CT molecular complexity index is 7990. The molecule has 0 radical (unpaired) electrons. The van der Waals surface area contributed by atoms with E-state index in [-0.39, 0.29) is 13.4 Å². The van der Waals surface area contributed by atoms with Gasteiger partial charge in [0.1, 0.15) is 0 Å². The Balaban J connectivity index is 0.777. The molecule has 0 N–H and O–H groups in total. The molecule has 4 aromatic heterocycles. The number of ether oxygens (including phenoxy) is 1. The van der Waals surface area contributed by atoms with Crippen LogP contribution in [0.25, 0.3) is 92.6 Å². The first kappa shape index (κ1) is 69.9. The number of nitrogens with zero attached hydrogens (tertiary/aromatic N) is 5. The predicted octanol–water partition coefficient (Wildman–Crippen LogP) is 23.9. The number of anilines is 15. The second-order valence-corrected chi connectivity index (χ2v) is 44.1. The molecule has 0 saturated heterocycles. The summed E-state index contributed by atoms with van der Waals surface area (Å²) in [5.41, 5.74) is 28.1. The molecule has 0 aliphatic carbocycles. The Morgan fingerprint density at radius 2 is 0.592 bits per heavy atom. The van der Waals surface area contributed by atoms with Crippen molar-refractivity contribution in [3.05, 3.63) is 394 Å². The van der Waals surface area contributed by atoms with Crippen LogP contribution in [0.4, 0.5) is 85.3 Å². The van der Waals surface area contributed by atoms with Crippen molar-refractivity contribution in [2.75, 3.05) is 24.5 Å². The minimum Gasteiger partial charge on any atom is -0.0616 e. The number of hydrogen-bond acceptors (Lipinski definition) is 6. The van der Waals surface area contributed by atoms with Gasteiger partial charge in [-0.2, -0.15) is 0 Å². The van der Waals surface area contributed by atoms with Crippen LogP contribution in [0, 0.1) is 0 Å². The molecule has 0 atom stereocenters. The zero-order valence-corrected chi connectivity index (χ0v) is 73.8. The fourth-order valence-electron chi connectivity index (χ4n) is 20.1. The fourth-order valence-corrected chi connectivity index (χ4v) is 32.5. The molecule has 8 heterocycles. The second-order valence-electron chi connectivity index (χ2n) is 31.7. The van der Waals surface area contributed by atoms with Gasteiger partial charge in [-0.05, 0) is 0 Å². The molecule has 0 bridgehead atoms. The third-order valence-corrected chi connectivity index (χ3v) is 38.3. The van der Waals surface area contributed by atoms with Crippen molar-refractivity contribution in [1.29, 1.82) is 0 Å². The van der Waals surface area contributed by atoms with Crippen molar-refractivity contribution in [3.8, 4) is 33.8 Å². The maximum absolute atomic E-state index is 8.27. The maximum atomic E-state index is 8.27. The smallest absolute Gasteiger partial charge is 0.0543 e. The Morgan fingerprint density at radius 1 is 0.217 bits per heavy atom. The van der Waals surface area contributed by atoms with Crippen LogP contribution < -0.4 is 62.0 Å². The number of rotatable bonds is 11. The summed E-state index contributed by atoms with van der Waals surface area (Å²) in [6, 6.07) is 151. The SMILES string of the molecule is c1ccc(-c2cccc(-c3ccccc3)c2N2c3cc4c(cc3B3c5ccccc5N(c5ccc6[te]c7ccccc7c6c5)c5cc(N(c6ccccc6)c6ccc7[te]c8ccccc8c7c6)cc2c53)B2c3ccccc3N(c3ccc5[te]c6ccccc6c5c3)c3cc(N(c5ccccc5)c5ccc6[te]c7ccccc7c6c5)cc(c32)O4)cc1. The molecule has 22 aromatic rings. The molecule has 18 aromatic carbocycles. The first-order valence-electron chi connectivity index (χ1n) is 40.9. The Morgan fingerprint density at radius 3 is 1.07 bits per heavy atom. The third kappa shape index (κ3) is 10.9. The van der Waals surface area contributed by atoms with E-state index < -0.39 is 81.7 Å². The van der Waals surface area contributed by atoms with Crippen LogP contribution in [0.2, 0.25) is 0 Å². The van der Waals surface area contributed by atoms with Crippen molar-refractivity contribution >= 4 is 284 Å². The molecule has 4 aliphatic rings. The molecule has 0 spiro atoms. The molecule has 26 rings (SSSR count). The van der Waals surface area contributed by atoms with Crippen molar-refractivity contribution in [1.82, 2.24) is 0 Å². The summed E-state index contributed by atoms with van der Waals surface area (Å²) in [5, 5.41) is 10.8. The summed E-state index contributed by atoms with van der Waals surface area (Å²) < 4.78 is 20.1. The zero-order chi connectivity index (χ0) is 78.4. The van der Waals surface area contributed by atoms with Crippen LogP contribution in [-0.2, 0) is 0 Å². The molecule has 6 nitrogen and oxygen atoms in total. The van der Waals surface area contributed by atoms with E-state index in [0.717, 1.165) is 130 Å². The van der Waals surface area contributed by atoms with E-state index in [2.05, 4.69) is 419 Å². The predicted molar refractivity (Wildman–Crippen MR) is 514 cm³/mol. The Kier molecular flexibility index (Phi) is 16.2. The normalized spacial score (nSPS) is 13.0. The minimum absolute atomic E-state index is 0.263. The van der Waals surface area contributed by atoms with Gasteiger partial charge in [0.2, 0.25) is 0 Å². The maximum Gasteiger partial charge on any atom is -0.0543 e. The van der Waals surface area contributed by atoms with Crippen LogP contribution >= 0.6 is 0 Å². The van der Waals surface area contributed by atoms with Crippen LogP contribution in [-0.4, -0.2) is 95.1 Å². The number of para-hydroxylation sites is 5. The molecular weight excluding hydrogens is 1920 g/mol. The van der Waals surface area contributed by atoms with E-state index >= 15 is 0 Å². The topological polar surface area (TPSA) is 25.4 Å². The molecule has 0 saturated carbocycles. The molecule has 4 aliphatic heterocycles. The van der Waals surface area contributed by atoms with Crippen LogP contribution in [0.3, 0.4) is 0 Å². The number of fused-ring (bicyclic) bond motifs is 20. The molecular formula is C108H65B2N5OTe4. The van der Waals surface area contributed by atoms with E-state index in [1.165, 1.54) is 92.2 Å². The average molecular weight is 1980 g/mol. The van der Waals surface area contributed by atoms with E-state index in [4.69, 9.17) is 4.74 Å². The summed E-state index contributed by atoms with van der Waals surface area (Å²) in [6.07, 6.45) is 0. The van der Waals surface area contributed by atoms with Gasteiger partial charge in [0.05, 0.1) is 0 Å². The van der Waals surface area contributed by atoms with E-state index in [1.54, 1.807) is 0 Å². The summed E-state index contributed by atoms with van der Waals surface area (Å²) >= 11 is -2.34. The standard InChI is InChI=1S/C108H65B2N5OTe4/c1-5-26-66(27-6-1)76-38-25-39-77(67-28-7-2-8-29-67)108(76)115-92-65-96-89(110-87-41-18-20-43-91(87)114(73-51-55-105-85(59-73)81-37-16-24-47-101(81)120-105)95-62-75(63-97(116-96)107(95)110)112(69-32-11-4-12-33-69)71-49-53-103-83(57-71)79-35-14-22-45-99(79)118-103)64-88(92)109-86-40-17-19-42-90(86)113(72-50-54-104-84(58-72)80-36-15-23-46-100(80)119-104)93-60-74(61-94(115)106(93)109)111(68-30-9-3-10-31-68)70-48-52-102-82(56-70)78-34-13-21-44-98(78)117-102/h1-65H. The van der Waals surface area contributed by atoms with Crippen molar-refractivity contribution in [2.45, 2.75) is 0 Å². The number of hydrogen-bond donors (Lipinski definition) is 0. The minimum atomic E-state index is -0.608. The van der Waals surface area contributed by atoms with E-state index in [0.29, 0.717) is 0 Å². The molecule has 0 unspecified atom stereocenters. The van der Waals surface area contributed by atoms with E-state index in [1.807, 2.05) is 0 Å². The molecule has 0 fully saturated rings. The average Bonchev–Trinajstić information content (AvgIpc) is 0.805. The van der Waals surface area contributed by atoms with Crippen LogP contribution in [0.1, 0.15) is 0 Å². The van der Waals surface area contributed by atoms with Gasteiger partial charge in [-0.15, -0.1) is 0 Å². The number of benzene rings is 18. The van der Waals surface area contributed by atoms with Gasteiger partial charge in [0, 0.05) is 0 Å². The zero-order valence-electron chi connectivity index (χ0n) is 64.5. The van der Waals surface area contributed by atoms with Crippen molar-refractivity contribution < 1.29 is 4.74 Å².